The van der Waals surface area contributed by atoms with Gasteiger partial charge < -0.3 is 34.3 Å². The number of amides is 1. The molecule has 2 saturated heterocycles. The highest BCUT2D eigenvalue weighted by molar-refractivity contribution is 7.90. The standard InChI is InChI=1S/C49H52ClF3N8O8S/c1-48(2)13-9-32(37(25-48)29-3-5-33(50)6-4-29)26-58-15-17-59(18-16-58)34-7-8-36(39(22-34)60-27-43(49(51,52)53)69-47-41(60)21-31-10-14-54-45(31)56-47)46(62)57-70(65,66)35-23-40(61(63)64)44-42(24-35)68-28-38(55-44)30-11-19-67-20-12-30/h3-8,10,14,21-24,30,38,43,55H,9,11-13,15-20,25-28H2,1-2H3,(H,54,56)(H,57,62)/t38-,43-/m0/s1. The van der Waals surface area contributed by atoms with Gasteiger partial charge in [0.05, 0.1) is 33.7 Å². The first kappa shape index (κ1) is 47.6. The first-order chi connectivity index (χ1) is 33.4. The van der Waals surface area contributed by atoms with Gasteiger partial charge in [0.1, 0.15) is 17.9 Å². The molecule has 6 heterocycles. The Bertz CT molecular complexity index is 2990. The van der Waals surface area contributed by atoms with Crippen molar-refractivity contribution in [3.05, 3.63) is 105 Å². The van der Waals surface area contributed by atoms with Crippen LogP contribution in [-0.4, -0.2) is 112 Å². The zero-order valence-electron chi connectivity index (χ0n) is 38.5. The van der Waals surface area contributed by atoms with Gasteiger partial charge in [-0.3, -0.25) is 19.8 Å². The number of benzene rings is 3. The fourth-order valence-corrected chi connectivity index (χ4v) is 11.4. The van der Waals surface area contributed by atoms with E-state index in [9.17, 15) is 36.5 Å². The lowest BCUT2D eigenvalue weighted by Crippen LogP contribution is -2.48. The van der Waals surface area contributed by atoms with E-state index in [0.29, 0.717) is 68.3 Å². The van der Waals surface area contributed by atoms with Crippen LogP contribution in [0.2, 0.25) is 5.02 Å². The fourth-order valence-electron chi connectivity index (χ4n) is 10.2. The summed E-state index contributed by atoms with van der Waals surface area (Å²) < 4.78 is 91.3. The Morgan fingerprint density at radius 2 is 1.77 bits per heavy atom. The number of carbonyl (C=O) groups is 1. The van der Waals surface area contributed by atoms with Crippen LogP contribution >= 0.6 is 11.6 Å². The number of rotatable bonds is 10. The van der Waals surface area contributed by atoms with Crippen molar-refractivity contribution in [3.8, 4) is 11.6 Å². The molecule has 2 fully saturated rings. The molecule has 16 nitrogen and oxygen atoms in total. The molecule has 0 saturated carbocycles. The summed E-state index contributed by atoms with van der Waals surface area (Å²) in [4.78, 5) is 38.6. The van der Waals surface area contributed by atoms with Crippen LogP contribution in [-0.2, 0) is 14.8 Å². The minimum atomic E-state index is -4.87. The zero-order chi connectivity index (χ0) is 49.1. The Balaban J connectivity index is 0.962. The second-order valence-electron chi connectivity index (χ2n) is 19.4. The third-order valence-electron chi connectivity index (χ3n) is 14.2. The SMILES string of the molecule is CC1(C)CCC(CN2CCN(c3ccc(C(=O)NS(=O)(=O)c4cc5c(c([N+](=O)[O-])c4)N[C@H](C4CCOCC4)CO5)c(N4C[C@@H](C(F)(F)F)Oc5nc6[nH]ccc6cc54)c3)CC2)=C(c2ccc(Cl)cc2)C1. The predicted octanol–water partition coefficient (Wildman–Crippen LogP) is 9.09. The van der Waals surface area contributed by atoms with Crippen LogP contribution in [0.1, 0.15) is 61.9 Å². The van der Waals surface area contributed by atoms with Crippen molar-refractivity contribution in [2.75, 3.05) is 74.2 Å². The van der Waals surface area contributed by atoms with Gasteiger partial charge in [-0.05, 0) is 97.0 Å². The number of fused-ring (bicyclic) bond motifs is 3. The highest BCUT2D eigenvalue weighted by atomic mass is 35.5. The van der Waals surface area contributed by atoms with Crippen LogP contribution in [0.15, 0.2) is 83.4 Å². The summed E-state index contributed by atoms with van der Waals surface area (Å²) in [6.45, 7) is 8.19. The van der Waals surface area contributed by atoms with Crippen LogP contribution < -0.4 is 29.3 Å². The summed E-state index contributed by atoms with van der Waals surface area (Å²) in [5, 5.41) is 16.8. The predicted molar refractivity (Wildman–Crippen MR) is 259 cm³/mol. The lowest BCUT2D eigenvalue weighted by Gasteiger charge is -2.40. The molecule has 3 N–H and O–H groups in total. The van der Waals surface area contributed by atoms with E-state index in [2.05, 4.69) is 51.1 Å². The van der Waals surface area contributed by atoms with E-state index < -0.39 is 50.3 Å². The monoisotopic (exact) mass is 1000 g/mol. The number of allylic oxidation sites excluding steroid dienone is 1. The van der Waals surface area contributed by atoms with E-state index in [1.807, 2.05) is 16.9 Å². The second-order valence-corrected chi connectivity index (χ2v) is 21.5. The number of nitro groups is 1. The lowest BCUT2D eigenvalue weighted by atomic mass is 9.72. The van der Waals surface area contributed by atoms with E-state index in [1.165, 1.54) is 22.1 Å². The van der Waals surface area contributed by atoms with E-state index >= 15 is 0 Å². The smallest absolute Gasteiger partial charge is 0.427 e. The molecule has 4 aliphatic heterocycles. The minimum Gasteiger partial charge on any atom is -0.489 e. The molecule has 2 aromatic heterocycles. The molecule has 2 atom stereocenters. The quantitative estimate of drug-likeness (QED) is 0.0890. The molecule has 0 radical (unpaired) electrons. The van der Waals surface area contributed by atoms with E-state index in [-0.39, 0.29) is 63.9 Å². The second kappa shape index (κ2) is 18.6. The number of pyridine rings is 1. The molecular formula is C49H52ClF3N8O8S. The van der Waals surface area contributed by atoms with Crippen LogP contribution in [0.4, 0.5) is 41.6 Å². The number of H-pyrrole nitrogens is 1. The van der Waals surface area contributed by atoms with Crippen molar-refractivity contribution < 1.29 is 45.5 Å². The minimum absolute atomic E-state index is 0.0184. The first-order valence-electron chi connectivity index (χ1n) is 23.3. The van der Waals surface area contributed by atoms with Gasteiger partial charge in [0.2, 0.25) is 12.0 Å². The normalized spacial score (nSPS) is 21.1. The van der Waals surface area contributed by atoms with E-state index in [0.717, 1.165) is 43.5 Å². The zero-order valence-corrected chi connectivity index (χ0v) is 40.1. The molecule has 5 aromatic rings. The molecule has 3 aromatic carbocycles. The summed E-state index contributed by atoms with van der Waals surface area (Å²) in [6, 6.07) is 17.6. The highest BCUT2D eigenvalue weighted by Gasteiger charge is 2.47. The molecule has 70 heavy (non-hydrogen) atoms. The maximum absolute atomic E-state index is 14.7. The molecule has 370 valence electrons. The number of nitrogens with zero attached hydrogens (tertiary/aromatic N) is 5. The maximum atomic E-state index is 14.7. The van der Waals surface area contributed by atoms with Crippen LogP contribution in [0.3, 0.4) is 0 Å². The number of nitrogens with one attached hydrogen (secondary N) is 3. The number of aromatic nitrogens is 2. The number of halogens is 4. The molecule has 0 unspecified atom stereocenters. The average molecular weight is 1010 g/mol. The van der Waals surface area contributed by atoms with Crippen LogP contribution in [0, 0.1) is 21.4 Å². The number of hydrogen-bond donors (Lipinski definition) is 3. The Morgan fingerprint density at radius 1 is 1.01 bits per heavy atom. The Hall–Kier alpha value is -6.09. The summed E-state index contributed by atoms with van der Waals surface area (Å²) in [5.41, 5.74) is 4.16. The van der Waals surface area contributed by atoms with Crippen molar-refractivity contribution in [3.63, 3.8) is 0 Å². The van der Waals surface area contributed by atoms with Crippen molar-refractivity contribution in [1.82, 2.24) is 19.6 Å². The van der Waals surface area contributed by atoms with Gasteiger partial charge in [-0.15, -0.1) is 0 Å². The van der Waals surface area contributed by atoms with Gasteiger partial charge in [0.15, 0.2) is 11.4 Å². The average Bonchev–Trinajstić information content (AvgIpc) is 3.80. The number of sulfonamides is 1. The molecule has 5 aliphatic rings. The van der Waals surface area contributed by atoms with Crippen molar-refractivity contribution in [2.24, 2.45) is 11.3 Å². The van der Waals surface area contributed by atoms with E-state index in [1.54, 1.807) is 30.5 Å². The third-order valence-corrected chi connectivity index (χ3v) is 15.7. The number of aromatic amines is 1. The molecule has 0 bridgehead atoms. The van der Waals surface area contributed by atoms with Gasteiger partial charge in [0, 0.05) is 80.4 Å². The molecule has 21 heteroatoms. The van der Waals surface area contributed by atoms with Crippen molar-refractivity contribution in [2.45, 2.75) is 69.2 Å². The molecule has 1 aliphatic carbocycles. The number of ether oxygens (including phenoxy) is 3. The number of alkyl halides is 3. The molecule has 1 amide bonds. The summed E-state index contributed by atoms with van der Waals surface area (Å²) in [6.07, 6.45) is -1.26. The van der Waals surface area contributed by atoms with Crippen LogP contribution in [0.25, 0.3) is 16.6 Å². The highest BCUT2D eigenvalue weighted by Crippen LogP contribution is 2.46. The van der Waals surface area contributed by atoms with Gasteiger partial charge in [0.25, 0.3) is 21.6 Å². The van der Waals surface area contributed by atoms with Crippen molar-refractivity contribution in [1.29, 1.82) is 0 Å². The van der Waals surface area contributed by atoms with Gasteiger partial charge >= 0.3 is 6.18 Å². The van der Waals surface area contributed by atoms with E-state index in [4.69, 9.17) is 25.8 Å². The number of nitro benzene ring substituents is 1. The first-order valence-corrected chi connectivity index (χ1v) is 25.2. The lowest BCUT2D eigenvalue weighted by molar-refractivity contribution is -0.384. The Morgan fingerprint density at radius 3 is 2.50 bits per heavy atom. The molecule has 0 spiro atoms. The van der Waals surface area contributed by atoms with Crippen molar-refractivity contribution >= 4 is 72.6 Å². The molecule has 10 rings (SSSR count). The van der Waals surface area contributed by atoms with Gasteiger partial charge in [-0.25, -0.2) is 13.1 Å². The number of anilines is 4. The largest absolute Gasteiger partial charge is 0.489 e. The van der Waals surface area contributed by atoms with Gasteiger partial charge in [-0.1, -0.05) is 43.2 Å². The van der Waals surface area contributed by atoms with Crippen LogP contribution in [0.5, 0.6) is 11.6 Å². The topological polar surface area (TPSA) is 184 Å². The third kappa shape index (κ3) is 9.70. The van der Waals surface area contributed by atoms with Gasteiger partial charge in [-0.2, -0.15) is 18.2 Å². The number of carbonyl (C=O) groups excluding carboxylic acids is 1. The number of piperazine rings is 1. The maximum Gasteiger partial charge on any atom is 0.427 e. The Labute approximate surface area is 407 Å². The Kier molecular flexibility index (Phi) is 12.6. The number of hydrogen-bond acceptors (Lipinski definition) is 13. The summed E-state index contributed by atoms with van der Waals surface area (Å²) in [7, 11) is -4.87. The summed E-state index contributed by atoms with van der Waals surface area (Å²) >= 11 is 6.25. The fraction of sp³-hybridized carbons (Fsp3) is 0.429. The molecular weight excluding hydrogens is 953 g/mol. The summed E-state index contributed by atoms with van der Waals surface area (Å²) in [5.74, 6) is -1.49.